The van der Waals surface area contributed by atoms with E-state index in [1.807, 2.05) is 12.1 Å². The van der Waals surface area contributed by atoms with Gasteiger partial charge in [-0.3, -0.25) is 4.52 Å². The Bertz CT molecular complexity index is 1020. The van der Waals surface area contributed by atoms with E-state index < -0.39 is 19.8 Å². The zero-order valence-electron chi connectivity index (χ0n) is 21.2. The summed E-state index contributed by atoms with van der Waals surface area (Å²) in [6.07, 6.45) is 7.29. The number of ether oxygens (including phenoxy) is 1. The molecule has 3 N–H and O–H groups in total. The summed E-state index contributed by atoms with van der Waals surface area (Å²) in [5.41, 5.74) is 4.60. The van der Waals surface area contributed by atoms with E-state index in [1.165, 1.54) is 50.3 Å². The highest BCUT2D eigenvalue weighted by Gasteiger charge is 2.61. The summed E-state index contributed by atoms with van der Waals surface area (Å²) in [5, 5.41) is 2.65. The Kier molecular flexibility index (Phi) is 6.61. The Morgan fingerprint density at radius 2 is 1.88 bits per heavy atom. The summed E-state index contributed by atoms with van der Waals surface area (Å²) in [6, 6.07) is 2.80. The Hall–Kier alpha value is -1.24. The third kappa shape index (κ3) is 4.39. The molecule has 34 heavy (non-hydrogen) atoms. The number of esters is 1. The smallest absolute Gasteiger partial charge is 0.425 e. The van der Waals surface area contributed by atoms with Crippen LogP contribution in [0.3, 0.4) is 0 Å². The maximum absolute atomic E-state index is 12.6. The van der Waals surface area contributed by atoms with Crippen molar-refractivity contribution in [2.24, 2.45) is 22.7 Å². The molecule has 3 unspecified atom stereocenters. The summed E-state index contributed by atoms with van der Waals surface area (Å²) in [6.45, 7) is 12.8. The van der Waals surface area contributed by atoms with Gasteiger partial charge in [-0.15, -0.1) is 0 Å². The molecule has 0 saturated heterocycles. The Morgan fingerprint density at radius 3 is 2.53 bits per heavy atom. The van der Waals surface area contributed by atoms with E-state index in [1.54, 1.807) is 0 Å². The first-order chi connectivity index (χ1) is 15.7. The lowest BCUT2D eigenvalue weighted by Gasteiger charge is -2.61. The summed E-state index contributed by atoms with van der Waals surface area (Å²) < 4.78 is 21.0. The number of rotatable bonds is 6. The number of carbonyl (C=O) groups excluding carboxylic acids is 1. The zero-order valence-corrected chi connectivity index (χ0v) is 22.1. The fraction of sp³-hybridized carbons (Fsp3) is 0.692. The number of carbonyl (C=O) groups is 1. The Balaban J connectivity index is 1.59. The Morgan fingerprint density at radius 1 is 1.18 bits per heavy atom. The molecule has 0 aromatic heterocycles. The van der Waals surface area contributed by atoms with E-state index in [4.69, 9.17) is 14.5 Å². The van der Waals surface area contributed by atoms with Crippen LogP contribution in [0, 0.1) is 36.2 Å². The third-order valence-corrected chi connectivity index (χ3v) is 9.69. The Labute approximate surface area is 203 Å². The normalized spacial score (nSPS) is 32.9. The number of aryl methyl sites for hydroxylation is 1. The summed E-state index contributed by atoms with van der Waals surface area (Å²) in [4.78, 5) is 30.5. The van der Waals surface area contributed by atoms with Crippen LogP contribution in [0.2, 0.25) is 0 Å². The van der Waals surface area contributed by atoms with Gasteiger partial charge in [0.05, 0.1) is 0 Å². The monoisotopic (exact) mass is 492 g/mol. The molecule has 0 heterocycles. The van der Waals surface area contributed by atoms with Crippen molar-refractivity contribution in [1.29, 1.82) is 0 Å². The molecular weight excluding hydrogens is 453 g/mol. The number of nitrogens with one attached hydrogen (secondary N) is 1. The van der Waals surface area contributed by atoms with Crippen LogP contribution in [0.25, 0.3) is 0 Å². The molecule has 1 aromatic rings. The molecule has 0 bridgehead atoms. The fourth-order valence-corrected chi connectivity index (χ4v) is 8.33. The van der Waals surface area contributed by atoms with Gasteiger partial charge >= 0.3 is 13.8 Å². The molecule has 4 rings (SSSR count). The molecule has 5 atom stereocenters. The van der Waals surface area contributed by atoms with Crippen molar-refractivity contribution in [1.82, 2.24) is 5.32 Å². The number of likely N-dealkylation sites (N-methyl/N-ethyl adjacent to an activating group) is 1. The lowest BCUT2D eigenvalue weighted by Crippen LogP contribution is -2.55. The minimum Gasteiger partial charge on any atom is -0.425 e. The van der Waals surface area contributed by atoms with Crippen LogP contribution in [0.1, 0.15) is 76.5 Å². The van der Waals surface area contributed by atoms with Crippen LogP contribution >= 0.6 is 7.82 Å². The molecule has 0 amide bonds. The van der Waals surface area contributed by atoms with Crippen LogP contribution in [0.4, 0.5) is 0 Å². The number of phosphoric acid groups is 1. The molecule has 2 fully saturated rings. The number of benzene rings is 1. The summed E-state index contributed by atoms with van der Waals surface area (Å²) in [5.74, 6) is 1.06. The molecule has 0 spiro atoms. The number of phosphoric ester groups is 1. The standard InChI is InChI=1S/C26H39NO6P/c1-16-12-18(33-23(28)19(27-6)15-32-34(29,30)31)13-17-14-21-25(4)10-7-9-24(2,3)20(25)8-11-26(21,5)22(16)17/h12-13,15,19-21,27H,7-11,14H2,1-6H3,(H2,29,30,31)/t19?,20?,21-,25+,26?/m1/s1. The second kappa shape index (κ2) is 8.70. The van der Waals surface area contributed by atoms with Crippen molar-refractivity contribution in [3.8, 4) is 5.75 Å². The molecule has 189 valence electrons. The van der Waals surface area contributed by atoms with Crippen LogP contribution in [0.15, 0.2) is 12.1 Å². The van der Waals surface area contributed by atoms with Crippen molar-refractivity contribution >= 4 is 13.8 Å². The van der Waals surface area contributed by atoms with Gasteiger partial charge < -0.3 is 19.8 Å². The minimum atomic E-state index is -4.73. The SMILES string of the molecule is CNC([CH]OP(=O)(O)O)C(=O)Oc1cc(C)c2c(c1)C[C@H]1C2(C)CCC2C(C)(C)CCC[C@@]21C. The average molecular weight is 493 g/mol. The maximum atomic E-state index is 12.6. The quantitative estimate of drug-likeness (QED) is 0.297. The van der Waals surface area contributed by atoms with E-state index in [0.29, 0.717) is 22.5 Å². The first-order valence-corrected chi connectivity index (χ1v) is 13.8. The van der Waals surface area contributed by atoms with Crippen molar-refractivity contribution < 1.29 is 28.4 Å². The third-order valence-electron chi connectivity index (χ3n) is 9.30. The largest absolute Gasteiger partial charge is 0.470 e. The van der Waals surface area contributed by atoms with E-state index in [0.717, 1.165) is 24.5 Å². The van der Waals surface area contributed by atoms with Gasteiger partial charge in [0.1, 0.15) is 18.4 Å². The highest BCUT2D eigenvalue weighted by molar-refractivity contribution is 7.46. The fourth-order valence-electron chi connectivity index (χ4n) is 8.05. The van der Waals surface area contributed by atoms with Gasteiger partial charge in [0.15, 0.2) is 0 Å². The van der Waals surface area contributed by atoms with Crippen molar-refractivity contribution in [3.63, 3.8) is 0 Å². The molecule has 1 radical (unpaired) electrons. The summed E-state index contributed by atoms with van der Waals surface area (Å²) >= 11 is 0. The van der Waals surface area contributed by atoms with Gasteiger partial charge in [0.2, 0.25) is 0 Å². The van der Waals surface area contributed by atoms with E-state index >= 15 is 0 Å². The number of fused-ring (bicyclic) bond motifs is 5. The molecule has 1 aromatic carbocycles. The molecule has 3 aliphatic carbocycles. The predicted molar refractivity (Wildman–Crippen MR) is 130 cm³/mol. The molecule has 0 aliphatic heterocycles. The predicted octanol–water partition coefficient (Wildman–Crippen LogP) is 4.82. The zero-order chi connectivity index (χ0) is 25.1. The number of hydrogen-bond donors (Lipinski definition) is 3. The van der Waals surface area contributed by atoms with Crippen LogP contribution < -0.4 is 10.1 Å². The van der Waals surface area contributed by atoms with Crippen molar-refractivity contribution in [3.05, 3.63) is 35.4 Å². The first-order valence-electron chi connectivity index (χ1n) is 12.3. The van der Waals surface area contributed by atoms with Crippen LogP contribution in [-0.4, -0.2) is 28.8 Å². The van der Waals surface area contributed by atoms with E-state index in [9.17, 15) is 9.36 Å². The number of hydrogen-bond acceptors (Lipinski definition) is 5. The molecule has 8 heteroatoms. The second-order valence-corrected chi connectivity index (χ2v) is 13.0. The van der Waals surface area contributed by atoms with Gasteiger partial charge in [0.25, 0.3) is 0 Å². The van der Waals surface area contributed by atoms with Gasteiger partial charge in [-0.1, -0.05) is 34.1 Å². The van der Waals surface area contributed by atoms with Gasteiger partial charge in [-0.05, 0) is 103 Å². The van der Waals surface area contributed by atoms with Crippen LogP contribution in [0.5, 0.6) is 5.75 Å². The lowest BCUT2D eigenvalue weighted by atomic mass is 9.43. The van der Waals surface area contributed by atoms with Gasteiger partial charge in [-0.25, -0.2) is 9.36 Å². The average Bonchev–Trinajstić information content (AvgIpc) is 3.01. The van der Waals surface area contributed by atoms with E-state index in [-0.39, 0.29) is 5.41 Å². The van der Waals surface area contributed by atoms with Crippen molar-refractivity contribution in [2.45, 2.75) is 84.6 Å². The summed E-state index contributed by atoms with van der Waals surface area (Å²) in [7, 11) is -3.23. The molecular formula is C26H39NO6P. The van der Waals surface area contributed by atoms with E-state index in [2.05, 4.69) is 44.5 Å². The molecule has 2 saturated carbocycles. The first kappa shape index (κ1) is 25.8. The minimum absolute atomic E-state index is 0.124. The topological polar surface area (TPSA) is 105 Å². The lowest BCUT2D eigenvalue weighted by molar-refractivity contribution is -0.136. The van der Waals surface area contributed by atoms with Crippen molar-refractivity contribution in [2.75, 3.05) is 7.05 Å². The van der Waals surface area contributed by atoms with Gasteiger partial charge in [-0.2, -0.15) is 0 Å². The van der Waals surface area contributed by atoms with Crippen LogP contribution in [-0.2, 0) is 25.7 Å². The maximum Gasteiger partial charge on any atom is 0.470 e. The highest BCUT2D eigenvalue weighted by Crippen LogP contribution is 2.68. The highest BCUT2D eigenvalue weighted by atomic mass is 31.2. The van der Waals surface area contributed by atoms with Gasteiger partial charge in [0, 0.05) is 0 Å². The molecule has 3 aliphatic rings. The molecule has 7 nitrogen and oxygen atoms in total. The second-order valence-electron chi connectivity index (χ2n) is 11.8.